The van der Waals surface area contributed by atoms with E-state index in [2.05, 4.69) is 25.3 Å². The molecule has 3 heterocycles. The van der Waals surface area contributed by atoms with E-state index in [0.29, 0.717) is 38.2 Å². The van der Waals surface area contributed by atoms with E-state index in [9.17, 15) is 4.79 Å². The summed E-state index contributed by atoms with van der Waals surface area (Å²) in [5.41, 5.74) is 1.18. The van der Waals surface area contributed by atoms with Gasteiger partial charge in [-0.15, -0.1) is 5.10 Å². The smallest absolute Gasteiger partial charge is 0.275 e. The average molecular weight is 421 g/mol. The van der Waals surface area contributed by atoms with Crippen LogP contribution in [-0.2, 0) is 5.75 Å². The molecule has 1 aromatic carbocycles. The first-order valence-electron chi connectivity index (χ1n) is 7.79. The highest BCUT2D eigenvalue weighted by atomic mass is 35.5. The van der Waals surface area contributed by atoms with E-state index in [1.165, 1.54) is 33.7 Å². The van der Waals surface area contributed by atoms with Crippen molar-refractivity contribution in [2.45, 2.75) is 17.8 Å². The third-order valence-electron chi connectivity index (χ3n) is 3.63. The lowest BCUT2D eigenvalue weighted by Crippen LogP contribution is -2.15. The summed E-state index contributed by atoms with van der Waals surface area (Å²) < 4.78 is 6.65. The van der Waals surface area contributed by atoms with Gasteiger partial charge in [-0.1, -0.05) is 34.7 Å². The molecule has 0 spiro atoms. The number of aromatic amines is 1. The number of aromatic nitrogens is 6. The van der Waals surface area contributed by atoms with Gasteiger partial charge in [-0.25, -0.2) is 9.97 Å². The highest BCUT2D eigenvalue weighted by Crippen LogP contribution is 2.31. The van der Waals surface area contributed by atoms with Crippen molar-refractivity contribution in [3.63, 3.8) is 0 Å². The predicted molar refractivity (Wildman–Crippen MR) is 105 cm³/mol. The molecule has 138 valence electrons. The fraction of sp³-hybridized carbons (Fsp3) is 0.188. The lowest BCUT2D eigenvalue weighted by atomic mass is 10.2. The van der Waals surface area contributed by atoms with Gasteiger partial charge in [-0.05, 0) is 25.1 Å². The van der Waals surface area contributed by atoms with Crippen LogP contribution in [0.4, 0.5) is 0 Å². The molecular weight excluding hydrogens is 408 g/mol. The number of rotatable bonds is 5. The van der Waals surface area contributed by atoms with Gasteiger partial charge in [-0.3, -0.25) is 9.89 Å². The van der Waals surface area contributed by atoms with E-state index in [-0.39, 0.29) is 5.56 Å². The number of H-pyrrole nitrogens is 1. The highest BCUT2D eigenvalue weighted by Gasteiger charge is 2.13. The van der Waals surface area contributed by atoms with Crippen LogP contribution in [0.25, 0.3) is 16.3 Å². The number of benzene rings is 1. The number of hydrogen-bond acceptors (Lipinski definition) is 8. The van der Waals surface area contributed by atoms with Crippen LogP contribution in [0.5, 0.6) is 5.75 Å². The van der Waals surface area contributed by atoms with Crippen molar-refractivity contribution >= 4 is 39.7 Å². The van der Waals surface area contributed by atoms with Gasteiger partial charge in [0.05, 0.1) is 18.4 Å². The summed E-state index contributed by atoms with van der Waals surface area (Å²) in [6, 6.07) is 6.76. The summed E-state index contributed by atoms with van der Waals surface area (Å²) in [5, 5.41) is 13.1. The first-order valence-corrected chi connectivity index (χ1v) is 9.97. The Bertz CT molecular complexity index is 1190. The van der Waals surface area contributed by atoms with Crippen molar-refractivity contribution in [1.82, 2.24) is 29.8 Å². The molecule has 0 radical (unpaired) electrons. The van der Waals surface area contributed by atoms with E-state index < -0.39 is 0 Å². The Morgan fingerprint density at radius 3 is 3.00 bits per heavy atom. The number of thioether (sulfide) groups is 1. The van der Waals surface area contributed by atoms with Gasteiger partial charge in [0, 0.05) is 16.8 Å². The van der Waals surface area contributed by atoms with Gasteiger partial charge < -0.3 is 4.74 Å². The monoisotopic (exact) mass is 420 g/mol. The summed E-state index contributed by atoms with van der Waals surface area (Å²) in [6.07, 6.45) is 0. The number of aryl methyl sites for hydroxylation is 1. The molecule has 0 aliphatic rings. The fourth-order valence-corrected chi connectivity index (χ4v) is 4.09. The van der Waals surface area contributed by atoms with E-state index in [0.717, 1.165) is 10.6 Å². The molecule has 1 N–H and O–H groups in total. The second kappa shape index (κ2) is 7.29. The first-order chi connectivity index (χ1) is 13.0. The first kappa shape index (κ1) is 18.0. The molecule has 0 fully saturated rings. The van der Waals surface area contributed by atoms with Gasteiger partial charge in [-0.2, -0.15) is 9.61 Å². The molecular formula is C16H13ClN6O2S2. The Morgan fingerprint density at radius 1 is 1.33 bits per heavy atom. The van der Waals surface area contributed by atoms with Gasteiger partial charge in [0.1, 0.15) is 10.8 Å². The van der Waals surface area contributed by atoms with E-state index in [1.807, 2.05) is 6.92 Å². The summed E-state index contributed by atoms with van der Waals surface area (Å²) >= 11 is 8.82. The van der Waals surface area contributed by atoms with Crippen molar-refractivity contribution in [3.05, 3.63) is 50.3 Å². The molecule has 4 rings (SSSR count). The summed E-state index contributed by atoms with van der Waals surface area (Å²) in [4.78, 5) is 21.6. The maximum absolute atomic E-state index is 12.1. The molecule has 0 aliphatic carbocycles. The average Bonchev–Trinajstić information content (AvgIpc) is 3.26. The Kier molecular flexibility index (Phi) is 4.85. The molecule has 4 aromatic rings. The maximum Gasteiger partial charge on any atom is 0.275 e. The Labute approximate surface area is 166 Å². The second-order valence-corrected chi connectivity index (χ2v) is 8.04. The maximum atomic E-state index is 12.1. The van der Waals surface area contributed by atoms with Crippen LogP contribution >= 0.6 is 34.7 Å². The number of halogens is 1. The van der Waals surface area contributed by atoms with E-state index in [1.54, 1.807) is 25.3 Å². The van der Waals surface area contributed by atoms with Crippen molar-refractivity contribution in [3.8, 4) is 17.1 Å². The van der Waals surface area contributed by atoms with Gasteiger partial charge in [0.2, 0.25) is 10.1 Å². The minimum Gasteiger partial charge on any atom is -0.496 e. The predicted octanol–water partition coefficient (Wildman–Crippen LogP) is 3.20. The van der Waals surface area contributed by atoms with Crippen molar-refractivity contribution in [2.75, 3.05) is 7.11 Å². The van der Waals surface area contributed by atoms with E-state index >= 15 is 0 Å². The zero-order chi connectivity index (χ0) is 19.0. The summed E-state index contributed by atoms with van der Waals surface area (Å²) in [7, 11) is 1.58. The number of ether oxygens (including phenoxy) is 1. The van der Waals surface area contributed by atoms with E-state index in [4.69, 9.17) is 16.3 Å². The molecule has 0 bridgehead atoms. The standard InChI is InChI=1S/C16H13ClN6O2S2/c1-8-22-23-13(24)6-10(18-16(23)27-8)7-26-15-19-14(20-21-15)11-5-9(17)3-4-12(11)25-2/h3-6H,7H2,1-2H3,(H,19,20,21). The number of nitrogens with zero attached hydrogens (tertiary/aromatic N) is 5. The zero-order valence-corrected chi connectivity index (χ0v) is 16.7. The van der Waals surface area contributed by atoms with Crippen molar-refractivity contribution < 1.29 is 4.74 Å². The third kappa shape index (κ3) is 3.68. The quantitative estimate of drug-likeness (QED) is 0.495. The summed E-state index contributed by atoms with van der Waals surface area (Å²) in [6.45, 7) is 1.84. The van der Waals surface area contributed by atoms with Crippen LogP contribution in [0, 0.1) is 6.92 Å². The molecule has 0 saturated carbocycles. The molecule has 27 heavy (non-hydrogen) atoms. The fourth-order valence-electron chi connectivity index (χ4n) is 2.46. The van der Waals surface area contributed by atoms with Crippen LogP contribution in [0.15, 0.2) is 34.2 Å². The molecule has 0 amide bonds. The molecule has 0 unspecified atom stereocenters. The van der Waals surface area contributed by atoms with Crippen molar-refractivity contribution in [2.24, 2.45) is 0 Å². The Morgan fingerprint density at radius 2 is 2.19 bits per heavy atom. The molecule has 0 saturated heterocycles. The molecule has 3 aromatic heterocycles. The van der Waals surface area contributed by atoms with Crippen LogP contribution in [-0.4, -0.2) is 36.9 Å². The lowest BCUT2D eigenvalue weighted by Gasteiger charge is -2.05. The molecule has 8 nitrogen and oxygen atoms in total. The number of fused-ring (bicyclic) bond motifs is 1. The van der Waals surface area contributed by atoms with Gasteiger partial charge >= 0.3 is 0 Å². The normalized spacial score (nSPS) is 11.2. The third-order valence-corrected chi connectivity index (χ3v) is 5.57. The largest absolute Gasteiger partial charge is 0.496 e. The lowest BCUT2D eigenvalue weighted by molar-refractivity contribution is 0.416. The number of nitrogens with one attached hydrogen (secondary N) is 1. The minimum absolute atomic E-state index is 0.195. The Hall–Kier alpha value is -2.43. The topological polar surface area (TPSA) is 98.1 Å². The molecule has 0 aliphatic heterocycles. The molecule has 0 atom stereocenters. The highest BCUT2D eigenvalue weighted by molar-refractivity contribution is 7.98. The number of hydrogen-bond donors (Lipinski definition) is 1. The SMILES string of the molecule is COc1ccc(Cl)cc1-c1nc(SCc2cc(=O)n3nc(C)sc3n2)n[nH]1. The Balaban J connectivity index is 1.55. The van der Waals surface area contributed by atoms with Crippen molar-refractivity contribution in [1.29, 1.82) is 0 Å². The van der Waals surface area contributed by atoms with Gasteiger partial charge in [0.15, 0.2) is 5.82 Å². The molecule has 11 heteroatoms. The summed E-state index contributed by atoms with van der Waals surface area (Å²) in [5.74, 6) is 1.67. The number of methoxy groups -OCH3 is 1. The second-order valence-electron chi connectivity index (χ2n) is 5.50. The van der Waals surface area contributed by atoms with Crippen LogP contribution in [0.3, 0.4) is 0 Å². The van der Waals surface area contributed by atoms with Gasteiger partial charge in [0.25, 0.3) is 5.56 Å². The van der Waals surface area contributed by atoms with Crippen LogP contribution in [0.2, 0.25) is 5.02 Å². The minimum atomic E-state index is -0.195. The van der Waals surface area contributed by atoms with Crippen LogP contribution in [0.1, 0.15) is 10.7 Å². The zero-order valence-electron chi connectivity index (χ0n) is 14.3. The van der Waals surface area contributed by atoms with Crippen LogP contribution < -0.4 is 10.3 Å².